The van der Waals surface area contributed by atoms with Gasteiger partial charge in [-0.3, -0.25) is 0 Å². The third kappa shape index (κ3) is 1.76. The Bertz CT molecular complexity index is 685. The summed E-state index contributed by atoms with van der Waals surface area (Å²) in [6, 6.07) is 7.47. The van der Waals surface area contributed by atoms with Crippen molar-refractivity contribution in [2.75, 3.05) is 0 Å². The highest BCUT2D eigenvalue weighted by atomic mass is 15.0. The lowest BCUT2D eigenvalue weighted by Gasteiger charge is -2.29. The second kappa shape index (κ2) is 4.63. The normalized spacial score (nSPS) is 25.4. The van der Waals surface area contributed by atoms with E-state index < -0.39 is 0 Å². The van der Waals surface area contributed by atoms with Gasteiger partial charge in [0.05, 0.1) is 0 Å². The van der Waals surface area contributed by atoms with E-state index in [1.165, 1.54) is 69.8 Å². The molecule has 1 unspecified atom stereocenters. The minimum absolute atomic E-state index is 0.845. The van der Waals surface area contributed by atoms with Crippen LogP contribution in [0.15, 0.2) is 18.2 Å². The van der Waals surface area contributed by atoms with Gasteiger partial charge in [0, 0.05) is 23.1 Å². The van der Waals surface area contributed by atoms with Gasteiger partial charge in [-0.1, -0.05) is 18.9 Å². The molecule has 1 heteroatoms. The number of nitrogens with zero attached hydrogens (tertiary/aromatic N) is 1. The van der Waals surface area contributed by atoms with Crippen molar-refractivity contribution >= 4 is 10.9 Å². The summed E-state index contributed by atoms with van der Waals surface area (Å²) in [6.07, 6.45) is 12.7. The lowest BCUT2D eigenvalue weighted by atomic mass is 9.82. The van der Waals surface area contributed by atoms with Gasteiger partial charge >= 0.3 is 0 Å². The second-order valence-electron chi connectivity index (χ2n) is 7.50. The van der Waals surface area contributed by atoms with Gasteiger partial charge in [-0.05, 0) is 80.0 Å². The van der Waals surface area contributed by atoms with Crippen molar-refractivity contribution in [3.8, 4) is 0 Å². The Morgan fingerprint density at radius 3 is 2.57 bits per heavy atom. The predicted molar refractivity (Wildman–Crippen MR) is 88.1 cm³/mol. The summed E-state index contributed by atoms with van der Waals surface area (Å²) in [5, 5.41) is 1.61. The van der Waals surface area contributed by atoms with Crippen LogP contribution in [0.5, 0.6) is 0 Å². The van der Waals surface area contributed by atoms with Crippen molar-refractivity contribution in [3.05, 3.63) is 35.0 Å². The quantitative estimate of drug-likeness (QED) is 0.648. The van der Waals surface area contributed by atoms with Crippen LogP contribution < -0.4 is 0 Å². The summed E-state index contributed by atoms with van der Waals surface area (Å²) in [5.41, 5.74) is 6.61. The molecular weight excluding hydrogens is 254 g/mol. The van der Waals surface area contributed by atoms with Gasteiger partial charge in [-0.25, -0.2) is 0 Å². The summed E-state index contributed by atoms with van der Waals surface area (Å²) in [5.74, 6) is 1.71. The minimum atomic E-state index is 0.845. The molecule has 0 saturated heterocycles. The van der Waals surface area contributed by atoms with Crippen molar-refractivity contribution < 1.29 is 0 Å². The molecule has 0 amide bonds. The highest BCUT2D eigenvalue weighted by Gasteiger charge is 2.30. The van der Waals surface area contributed by atoms with Gasteiger partial charge in [0.25, 0.3) is 0 Å². The van der Waals surface area contributed by atoms with E-state index in [2.05, 4.69) is 22.8 Å². The van der Waals surface area contributed by atoms with Gasteiger partial charge in [0.15, 0.2) is 0 Å². The summed E-state index contributed by atoms with van der Waals surface area (Å²) in [7, 11) is 0. The molecule has 1 aromatic heterocycles. The van der Waals surface area contributed by atoms with Crippen LogP contribution in [-0.2, 0) is 13.0 Å². The van der Waals surface area contributed by atoms with E-state index in [0.29, 0.717) is 0 Å². The first kappa shape index (κ1) is 12.3. The van der Waals surface area contributed by atoms with E-state index in [-0.39, 0.29) is 0 Å². The molecule has 1 atom stereocenters. The number of rotatable bonds is 1. The third-order valence-corrected chi connectivity index (χ3v) is 6.36. The van der Waals surface area contributed by atoms with Gasteiger partial charge in [-0.15, -0.1) is 0 Å². The fraction of sp³-hybridized carbons (Fsp3) is 0.600. The first-order valence-corrected chi connectivity index (χ1v) is 9.07. The summed E-state index contributed by atoms with van der Waals surface area (Å²) in [6.45, 7) is 1.26. The van der Waals surface area contributed by atoms with Crippen LogP contribution in [0.1, 0.15) is 80.0 Å². The zero-order valence-corrected chi connectivity index (χ0v) is 12.9. The van der Waals surface area contributed by atoms with Crippen LogP contribution in [0.3, 0.4) is 0 Å². The standard InChI is InChI=1S/C20H25N/c1-2-6-14(5-1)16-10-11-19-18(13-16)17-9-3-7-15-8-4-12-21(19)20(15)17/h10-11,13-15H,1-9,12H2. The van der Waals surface area contributed by atoms with Gasteiger partial charge < -0.3 is 4.57 Å². The number of fused-ring (bicyclic) bond motifs is 3. The summed E-state index contributed by atoms with van der Waals surface area (Å²) in [4.78, 5) is 0. The zero-order chi connectivity index (χ0) is 13.8. The fourth-order valence-electron chi connectivity index (χ4n) is 5.38. The van der Waals surface area contributed by atoms with E-state index >= 15 is 0 Å². The second-order valence-corrected chi connectivity index (χ2v) is 7.50. The molecule has 1 aromatic carbocycles. The monoisotopic (exact) mass is 279 g/mol. The Kier molecular flexibility index (Phi) is 2.71. The molecule has 2 heterocycles. The van der Waals surface area contributed by atoms with Crippen LogP contribution in [-0.4, -0.2) is 4.57 Å². The van der Waals surface area contributed by atoms with Crippen molar-refractivity contribution in [3.63, 3.8) is 0 Å². The molecular formula is C20H25N. The highest BCUT2D eigenvalue weighted by Crippen LogP contribution is 2.44. The maximum atomic E-state index is 2.68. The van der Waals surface area contributed by atoms with Crippen LogP contribution in [0.2, 0.25) is 0 Å². The average molecular weight is 279 g/mol. The predicted octanol–water partition coefficient (Wildman–Crippen LogP) is 5.51. The minimum Gasteiger partial charge on any atom is -0.344 e. The van der Waals surface area contributed by atoms with Gasteiger partial charge in [-0.2, -0.15) is 0 Å². The summed E-state index contributed by atoms with van der Waals surface area (Å²) >= 11 is 0. The molecule has 0 N–H and O–H groups in total. The third-order valence-electron chi connectivity index (χ3n) is 6.36. The average Bonchev–Trinajstić information content (AvgIpc) is 3.16. The zero-order valence-electron chi connectivity index (χ0n) is 12.9. The fourth-order valence-corrected chi connectivity index (χ4v) is 5.38. The first-order valence-electron chi connectivity index (χ1n) is 9.07. The van der Waals surface area contributed by atoms with E-state index in [4.69, 9.17) is 0 Å². The number of hydrogen-bond acceptors (Lipinski definition) is 0. The molecule has 0 spiro atoms. The molecule has 0 radical (unpaired) electrons. The van der Waals surface area contributed by atoms with Crippen LogP contribution in [0.25, 0.3) is 10.9 Å². The molecule has 0 bridgehead atoms. The van der Waals surface area contributed by atoms with Crippen molar-refractivity contribution in [2.45, 2.75) is 76.2 Å². The number of aryl methyl sites for hydroxylation is 2. The number of hydrogen-bond donors (Lipinski definition) is 0. The Morgan fingerprint density at radius 2 is 1.67 bits per heavy atom. The maximum Gasteiger partial charge on any atom is 0.0485 e. The van der Waals surface area contributed by atoms with E-state index in [1.807, 2.05) is 0 Å². The van der Waals surface area contributed by atoms with E-state index in [9.17, 15) is 0 Å². The van der Waals surface area contributed by atoms with Crippen molar-refractivity contribution in [1.82, 2.24) is 4.57 Å². The number of aromatic nitrogens is 1. The molecule has 21 heavy (non-hydrogen) atoms. The molecule has 110 valence electrons. The van der Waals surface area contributed by atoms with E-state index in [1.54, 1.807) is 22.2 Å². The molecule has 2 aromatic rings. The Hall–Kier alpha value is -1.24. The first-order chi connectivity index (χ1) is 10.4. The van der Waals surface area contributed by atoms with Crippen LogP contribution >= 0.6 is 0 Å². The Morgan fingerprint density at radius 1 is 0.857 bits per heavy atom. The van der Waals surface area contributed by atoms with Crippen molar-refractivity contribution in [2.24, 2.45) is 0 Å². The molecule has 1 fully saturated rings. The largest absolute Gasteiger partial charge is 0.344 e. The molecule has 1 aliphatic heterocycles. The smallest absolute Gasteiger partial charge is 0.0485 e. The Labute approximate surface area is 127 Å². The van der Waals surface area contributed by atoms with Gasteiger partial charge in [0.1, 0.15) is 0 Å². The molecule has 2 aliphatic carbocycles. The molecule has 3 aliphatic rings. The van der Waals surface area contributed by atoms with E-state index in [0.717, 1.165) is 11.8 Å². The highest BCUT2D eigenvalue weighted by molar-refractivity contribution is 5.87. The van der Waals surface area contributed by atoms with Crippen LogP contribution in [0.4, 0.5) is 0 Å². The molecule has 5 rings (SSSR count). The summed E-state index contributed by atoms with van der Waals surface area (Å²) < 4.78 is 2.68. The topological polar surface area (TPSA) is 4.93 Å². The van der Waals surface area contributed by atoms with Gasteiger partial charge in [0.2, 0.25) is 0 Å². The lowest BCUT2D eigenvalue weighted by molar-refractivity contribution is 0.413. The van der Waals surface area contributed by atoms with Crippen LogP contribution in [0, 0.1) is 0 Å². The maximum absolute atomic E-state index is 2.68. The number of benzene rings is 1. The van der Waals surface area contributed by atoms with Crippen molar-refractivity contribution in [1.29, 1.82) is 0 Å². The molecule has 1 saturated carbocycles. The molecule has 1 nitrogen and oxygen atoms in total. The Balaban J connectivity index is 1.71. The SMILES string of the molecule is c1cc2c(cc1C1CCCC1)c1c3n2CCCC3CCC1. The lowest BCUT2D eigenvalue weighted by Crippen LogP contribution is -2.19.